The number of carbonyl (C=O) groups is 1. The third-order valence-electron chi connectivity index (χ3n) is 5.53. The van der Waals surface area contributed by atoms with E-state index < -0.39 is 11.5 Å². The Morgan fingerprint density at radius 3 is 2.67 bits per heavy atom. The van der Waals surface area contributed by atoms with E-state index in [9.17, 15) is 9.90 Å². The van der Waals surface area contributed by atoms with Crippen LogP contribution in [0.2, 0.25) is 0 Å². The highest BCUT2D eigenvalue weighted by atomic mass is 16.5. The molecule has 3 nitrogen and oxygen atoms in total. The van der Waals surface area contributed by atoms with Gasteiger partial charge in [0.05, 0.1) is 11.5 Å². The monoisotopic (exact) mass is 288 g/mol. The zero-order chi connectivity index (χ0) is 15.5. The van der Waals surface area contributed by atoms with E-state index in [0.717, 1.165) is 12.8 Å². The van der Waals surface area contributed by atoms with Crippen molar-refractivity contribution in [3.05, 3.63) is 35.4 Å². The molecule has 0 saturated heterocycles. The van der Waals surface area contributed by atoms with Crippen molar-refractivity contribution in [2.45, 2.75) is 52.1 Å². The van der Waals surface area contributed by atoms with E-state index in [1.807, 2.05) is 32.9 Å². The third kappa shape index (κ3) is 1.87. The molecular weight excluding hydrogens is 264 g/mol. The summed E-state index contributed by atoms with van der Waals surface area (Å²) in [7, 11) is 0. The summed E-state index contributed by atoms with van der Waals surface area (Å²) in [5.41, 5.74) is 1.65. The van der Waals surface area contributed by atoms with Crippen molar-refractivity contribution in [3.8, 4) is 0 Å². The van der Waals surface area contributed by atoms with Gasteiger partial charge in [0.1, 0.15) is 6.61 Å². The molecule has 1 fully saturated rings. The van der Waals surface area contributed by atoms with E-state index in [1.54, 1.807) is 0 Å². The molecule has 0 heterocycles. The number of hydrogen-bond acceptors (Lipinski definition) is 3. The largest absolute Gasteiger partial charge is 0.465 e. The van der Waals surface area contributed by atoms with Crippen LogP contribution in [0.3, 0.4) is 0 Å². The Kier molecular flexibility index (Phi) is 3.00. The van der Waals surface area contributed by atoms with E-state index in [-0.39, 0.29) is 16.8 Å². The van der Waals surface area contributed by atoms with Crippen LogP contribution in [0.1, 0.15) is 45.2 Å². The number of rotatable bonds is 2. The molecule has 0 bridgehead atoms. The molecule has 3 rings (SSSR count). The van der Waals surface area contributed by atoms with E-state index in [0.29, 0.717) is 6.61 Å². The van der Waals surface area contributed by atoms with Gasteiger partial charge in [-0.1, -0.05) is 31.2 Å². The fourth-order valence-corrected chi connectivity index (χ4v) is 3.98. The lowest BCUT2D eigenvalue weighted by molar-refractivity contribution is -0.183. The summed E-state index contributed by atoms with van der Waals surface area (Å²) in [6.07, 6.45) is 1.14. The normalized spacial score (nSPS) is 33.9. The van der Waals surface area contributed by atoms with E-state index in [4.69, 9.17) is 4.74 Å². The van der Waals surface area contributed by atoms with E-state index >= 15 is 0 Å². The van der Waals surface area contributed by atoms with Crippen molar-refractivity contribution >= 4 is 5.97 Å². The van der Waals surface area contributed by atoms with Crippen LogP contribution < -0.4 is 0 Å². The van der Waals surface area contributed by atoms with Gasteiger partial charge in [-0.25, -0.2) is 0 Å². The summed E-state index contributed by atoms with van der Waals surface area (Å²) < 4.78 is 5.58. The van der Waals surface area contributed by atoms with Gasteiger partial charge in [0.2, 0.25) is 0 Å². The Bertz CT molecular complexity index is 586. The molecule has 0 aliphatic heterocycles. The summed E-state index contributed by atoms with van der Waals surface area (Å²) in [5, 5.41) is 10.4. The highest BCUT2D eigenvalue weighted by Crippen LogP contribution is 2.64. The Labute approximate surface area is 126 Å². The van der Waals surface area contributed by atoms with Gasteiger partial charge in [0, 0.05) is 10.8 Å². The number of benzene rings is 1. The van der Waals surface area contributed by atoms with E-state index in [2.05, 4.69) is 19.1 Å². The number of aliphatic hydroxyl groups is 1. The number of aliphatic hydroxyl groups excluding tert-OH is 1. The van der Waals surface area contributed by atoms with Crippen LogP contribution >= 0.6 is 0 Å². The molecule has 1 aromatic rings. The zero-order valence-corrected chi connectivity index (χ0v) is 13.3. The number of carbonyl (C=O) groups excluding carboxylic acids is 1. The fraction of sp³-hybridized carbons (Fsp3) is 0.611. The minimum Gasteiger partial charge on any atom is -0.465 e. The van der Waals surface area contributed by atoms with Crippen molar-refractivity contribution in [1.29, 1.82) is 0 Å². The SMILES string of the molecule is CC(C)(C)C(=O)OC[C@]12Cc3ccccc3[C@@]1(C)C[C@@H]2O. The summed E-state index contributed by atoms with van der Waals surface area (Å²) in [5.74, 6) is -0.200. The molecule has 21 heavy (non-hydrogen) atoms. The second kappa shape index (κ2) is 4.33. The smallest absolute Gasteiger partial charge is 0.311 e. The molecule has 0 amide bonds. The van der Waals surface area contributed by atoms with Gasteiger partial charge in [-0.15, -0.1) is 0 Å². The van der Waals surface area contributed by atoms with Crippen LogP contribution in [-0.4, -0.2) is 23.8 Å². The fourth-order valence-electron chi connectivity index (χ4n) is 3.98. The summed E-state index contributed by atoms with van der Waals surface area (Å²) in [6.45, 7) is 8.05. The topological polar surface area (TPSA) is 46.5 Å². The first kappa shape index (κ1) is 14.6. The maximum atomic E-state index is 12.1. The first-order chi connectivity index (χ1) is 9.71. The molecular formula is C18H24O3. The molecule has 0 unspecified atom stereocenters. The maximum Gasteiger partial charge on any atom is 0.311 e. The van der Waals surface area contributed by atoms with Crippen molar-refractivity contribution in [3.63, 3.8) is 0 Å². The van der Waals surface area contributed by atoms with Crippen LogP contribution in [0, 0.1) is 10.8 Å². The average molecular weight is 288 g/mol. The van der Waals surface area contributed by atoms with Gasteiger partial charge in [-0.2, -0.15) is 0 Å². The second-order valence-electron chi connectivity index (χ2n) is 7.87. The molecule has 0 aromatic heterocycles. The lowest BCUT2D eigenvalue weighted by atomic mass is 9.49. The summed E-state index contributed by atoms with van der Waals surface area (Å²) in [4.78, 5) is 12.1. The summed E-state index contributed by atoms with van der Waals surface area (Å²) in [6, 6.07) is 8.35. The van der Waals surface area contributed by atoms with Crippen LogP contribution in [-0.2, 0) is 21.4 Å². The van der Waals surface area contributed by atoms with Gasteiger partial charge in [0.25, 0.3) is 0 Å². The van der Waals surface area contributed by atoms with Gasteiger partial charge in [-0.3, -0.25) is 4.79 Å². The Balaban J connectivity index is 1.86. The molecule has 0 radical (unpaired) electrons. The van der Waals surface area contributed by atoms with Crippen LogP contribution in [0.15, 0.2) is 24.3 Å². The van der Waals surface area contributed by atoms with Crippen molar-refractivity contribution in [2.75, 3.05) is 6.61 Å². The minimum atomic E-state index is -0.507. The van der Waals surface area contributed by atoms with Gasteiger partial charge in [0.15, 0.2) is 0 Å². The Hall–Kier alpha value is -1.35. The lowest BCUT2D eigenvalue weighted by Gasteiger charge is -2.57. The van der Waals surface area contributed by atoms with Gasteiger partial charge < -0.3 is 9.84 Å². The molecule has 1 N–H and O–H groups in total. The molecule has 0 spiro atoms. The van der Waals surface area contributed by atoms with Crippen LogP contribution in [0.5, 0.6) is 0 Å². The number of fused-ring (bicyclic) bond motifs is 3. The zero-order valence-electron chi connectivity index (χ0n) is 13.3. The van der Waals surface area contributed by atoms with Crippen molar-refractivity contribution in [1.82, 2.24) is 0 Å². The first-order valence-corrected chi connectivity index (χ1v) is 7.64. The summed E-state index contributed by atoms with van der Waals surface area (Å²) >= 11 is 0. The molecule has 3 heteroatoms. The molecule has 2 aliphatic rings. The van der Waals surface area contributed by atoms with Crippen LogP contribution in [0.25, 0.3) is 0 Å². The number of hydrogen-bond donors (Lipinski definition) is 1. The van der Waals surface area contributed by atoms with Gasteiger partial charge >= 0.3 is 5.97 Å². The van der Waals surface area contributed by atoms with E-state index in [1.165, 1.54) is 11.1 Å². The molecule has 1 saturated carbocycles. The minimum absolute atomic E-state index is 0.0822. The third-order valence-corrected chi connectivity index (χ3v) is 5.53. The highest BCUT2D eigenvalue weighted by Gasteiger charge is 2.67. The second-order valence-corrected chi connectivity index (χ2v) is 7.87. The number of esters is 1. The molecule has 114 valence electrons. The Morgan fingerprint density at radius 2 is 2.05 bits per heavy atom. The Morgan fingerprint density at radius 1 is 1.38 bits per heavy atom. The first-order valence-electron chi connectivity index (χ1n) is 7.64. The van der Waals surface area contributed by atoms with Crippen LogP contribution in [0.4, 0.5) is 0 Å². The average Bonchev–Trinajstić information content (AvgIpc) is 2.61. The molecule has 2 aliphatic carbocycles. The standard InChI is InChI=1S/C18H24O3/c1-16(2,3)15(20)21-11-18-9-12-7-5-6-8-13(12)17(18,4)10-14(18)19/h5-8,14,19H,9-11H2,1-4H3/t14-,17+,18-/m0/s1. The van der Waals surface area contributed by atoms with Gasteiger partial charge in [-0.05, 0) is 44.7 Å². The quantitative estimate of drug-likeness (QED) is 0.851. The predicted molar refractivity (Wildman–Crippen MR) is 81.0 cm³/mol. The molecule has 3 atom stereocenters. The van der Waals surface area contributed by atoms with Crippen molar-refractivity contribution in [2.24, 2.45) is 10.8 Å². The number of ether oxygens (including phenoxy) is 1. The molecule has 1 aromatic carbocycles. The predicted octanol–water partition coefficient (Wildman–Crippen LogP) is 2.84. The maximum absolute atomic E-state index is 12.1. The lowest BCUT2D eigenvalue weighted by Crippen LogP contribution is -2.63. The highest BCUT2D eigenvalue weighted by molar-refractivity contribution is 5.75. The van der Waals surface area contributed by atoms with Crippen molar-refractivity contribution < 1.29 is 14.6 Å².